The molecule has 104 valence electrons. The van der Waals surface area contributed by atoms with Crippen LogP contribution in [0.1, 0.15) is 22.5 Å². The molecular formula is C15H15FN2O2. The number of hydrogen-bond donors (Lipinski definition) is 1. The van der Waals surface area contributed by atoms with Gasteiger partial charge in [0.15, 0.2) is 0 Å². The Morgan fingerprint density at radius 3 is 2.70 bits per heavy atom. The Hall–Kier alpha value is -2.43. The lowest BCUT2D eigenvalue weighted by molar-refractivity contribution is -0.131. The lowest BCUT2D eigenvalue weighted by atomic mass is 10.1. The Balaban J connectivity index is 2.28. The van der Waals surface area contributed by atoms with E-state index in [0.29, 0.717) is 12.1 Å². The molecule has 0 amide bonds. The molecule has 0 fully saturated rings. The van der Waals surface area contributed by atoms with Crippen LogP contribution >= 0.6 is 0 Å². The van der Waals surface area contributed by atoms with Crippen molar-refractivity contribution in [2.75, 3.05) is 0 Å². The van der Waals surface area contributed by atoms with Crippen molar-refractivity contribution in [2.24, 2.45) is 0 Å². The number of aliphatic carboxylic acids is 1. The summed E-state index contributed by atoms with van der Waals surface area (Å²) in [6, 6.07) is 6.42. The first kappa shape index (κ1) is 14.0. The summed E-state index contributed by atoms with van der Waals surface area (Å²) in [5.41, 5.74) is 3.16. The van der Waals surface area contributed by atoms with Gasteiger partial charge in [0.2, 0.25) is 0 Å². The maximum atomic E-state index is 13.5. The van der Waals surface area contributed by atoms with Crippen molar-refractivity contribution in [1.82, 2.24) is 9.78 Å². The Kier molecular flexibility index (Phi) is 3.98. The van der Waals surface area contributed by atoms with Crippen LogP contribution in [0.25, 0.3) is 6.08 Å². The highest BCUT2D eigenvalue weighted by atomic mass is 19.1. The summed E-state index contributed by atoms with van der Waals surface area (Å²) in [7, 11) is 0. The Morgan fingerprint density at radius 2 is 2.10 bits per heavy atom. The first-order valence-corrected chi connectivity index (χ1v) is 6.15. The van der Waals surface area contributed by atoms with Crippen LogP contribution in [0.5, 0.6) is 0 Å². The maximum absolute atomic E-state index is 13.5. The molecule has 0 saturated carbocycles. The molecule has 1 N–H and O–H groups in total. The molecule has 2 rings (SSSR count). The summed E-state index contributed by atoms with van der Waals surface area (Å²) in [5, 5.41) is 12.9. The fourth-order valence-electron chi connectivity index (χ4n) is 2.04. The summed E-state index contributed by atoms with van der Waals surface area (Å²) >= 11 is 0. The monoisotopic (exact) mass is 274 g/mol. The standard InChI is InChI=1S/C15H15FN2O2/c1-10-5-11(2)18(17-10)9-13-6-12(3-4-15(19)20)7-14(16)8-13/h3-8H,9H2,1-2H3,(H,19,20). The third kappa shape index (κ3) is 3.54. The average Bonchev–Trinajstić information content (AvgIpc) is 2.64. The van der Waals surface area contributed by atoms with Crippen LogP contribution in [0, 0.1) is 19.7 Å². The van der Waals surface area contributed by atoms with Crippen molar-refractivity contribution in [3.05, 3.63) is 58.7 Å². The molecule has 0 spiro atoms. The third-order valence-electron chi connectivity index (χ3n) is 2.83. The van der Waals surface area contributed by atoms with Crippen LogP contribution in [0.2, 0.25) is 0 Å². The average molecular weight is 274 g/mol. The molecule has 20 heavy (non-hydrogen) atoms. The van der Waals surface area contributed by atoms with Crippen molar-refractivity contribution >= 4 is 12.0 Å². The highest BCUT2D eigenvalue weighted by Crippen LogP contribution is 2.13. The number of nitrogens with zero attached hydrogens (tertiary/aromatic N) is 2. The largest absolute Gasteiger partial charge is 0.478 e. The van der Waals surface area contributed by atoms with Gasteiger partial charge in [-0.1, -0.05) is 0 Å². The second kappa shape index (κ2) is 5.69. The molecule has 0 radical (unpaired) electrons. The molecule has 2 aromatic rings. The van der Waals surface area contributed by atoms with Gasteiger partial charge in [-0.25, -0.2) is 9.18 Å². The van der Waals surface area contributed by atoms with Gasteiger partial charge in [0.1, 0.15) is 5.82 Å². The molecule has 0 saturated heterocycles. The van der Waals surface area contributed by atoms with Crippen LogP contribution in [0.4, 0.5) is 4.39 Å². The van der Waals surface area contributed by atoms with Crippen LogP contribution in [-0.2, 0) is 11.3 Å². The van der Waals surface area contributed by atoms with Gasteiger partial charge in [0, 0.05) is 11.8 Å². The number of carboxylic acids is 1. The topological polar surface area (TPSA) is 55.1 Å². The lowest BCUT2D eigenvalue weighted by Gasteiger charge is -2.06. The summed E-state index contributed by atoms with van der Waals surface area (Å²) in [5.74, 6) is -1.46. The maximum Gasteiger partial charge on any atom is 0.328 e. The minimum atomic E-state index is -1.06. The van der Waals surface area contributed by atoms with E-state index in [2.05, 4.69) is 5.10 Å². The second-order valence-electron chi connectivity index (χ2n) is 4.65. The minimum absolute atomic E-state index is 0.394. The first-order valence-electron chi connectivity index (χ1n) is 6.15. The van der Waals surface area contributed by atoms with E-state index in [-0.39, 0.29) is 0 Å². The van der Waals surface area contributed by atoms with Crippen molar-refractivity contribution < 1.29 is 14.3 Å². The van der Waals surface area contributed by atoms with Gasteiger partial charge in [-0.3, -0.25) is 4.68 Å². The third-order valence-corrected chi connectivity index (χ3v) is 2.83. The normalized spacial score (nSPS) is 11.2. The van der Waals surface area contributed by atoms with Crippen LogP contribution < -0.4 is 0 Å². The van der Waals surface area contributed by atoms with Crippen molar-refractivity contribution in [3.63, 3.8) is 0 Å². The van der Waals surface area contributed by atoms with E-state index in [1.54, 1.807) is 10.7 Å². The first-order chi connectivity index (χ1) is 9.44. The minimum Gasteiger partial charge on any atom is -0.478 e. The molecule has 0 unspecified atom stereocenters. The fourth-order valence-corrected chi connectivity index (χ4v) is 2.04. The molecule has 5 heteroatoms. The number of aromatic nitrogens is 2. The number of rotatable bonds is 4. The number of carboxylic acid groups (broad SMARTS) is 1. The summed E-state index contributed by atoms with van der Waals surface area (Å²) in [6.45, 7) is 4.28. The predicted molar refractivity (Wildman–Crippen MR) is 73.9 cm³/mol. The molecule has 0 atom stereocenters. The fraction of sp³-hybridized carbons (Fsp3) is 0.200. The number of hydrogen-bond acceptors (Lipinski definition) is 2. The summed E-state index contributed by atoms with van der Waals surface area (Å²) < 4.78 is 15.3. The van der Waals surface area contributed by atoms with E-state index in [1.165, 1.54) is 18.2 Å². The molecule has 0 aliphatic rings. The summed E-state index contributed by atoms with van der Waals surface area (Å²) in [4.78, 5) is 10.5. The van der Waals surface area contributed by atoms with Crippen LogP contribution in [0.15, 0.2) is 30.3 Å². The number of halogens is 1. The molecule has 1 heterocycles. The van der Waals surface area contributed by atoms with Crippen molar-refractivity contribution in [2.45, 2.75) is 20.4 Å². The highest BCUT2D eigenvalue weighted by Gasteiger charge is 2.04. The Bertz CT molecular complexity index is 675. The number of aryl methyl sites for hydroxylation is 2. The zero-order valence-electron chi connectivity index (χ0n) is 11.3. The van der Waals surface area contributed by atoms with Gasteiger partial charge >= 0.3 is 5.97 Å². The van der Waals surface area contributed by atoms with Gasteiger partial charge in [0.05, 0.1) is 12.2 Å². The quantitative estimate of drug-likeness (QED) is 0.872. The predicted octanol–water partition coefficient (Wildman–Crippen LogP) is 2.79. The van der Waals surface area contributed by atoms with E-state index in [4.69, 9.17) is 5.11 Å². The van der Waals surface area contributed by atoms with Gasteiger partial charge in [-0.15, -0.1) is 0 Å². The number of benzene rings is 1. The lowest BCUT2D eigenvalue weighted by Crippen LogP contribution is -2.04. The highest BCUT2D eigenvalue weighted by molar-refractivity contribution is 5.85. The Morgan fingerprint density at radius 1 is 1.35 bits per heavy atom. The molecular weight excluding hydrogens is 259 g/mol. The zero-order chi connectivity index (χ0) is 14.7. The smallest absolute Gasteiger partial charge is 0.328 e. The van der Waals surface area contributed by atoms with Crippen LogP contribution in [0.3, 0.4) is 0 Å². The second-order valence-corrected chi connectivity index (χ2v) is 4.65. The Labute approximate surface area is 116 Å². The molecule has 1 aromatic carbocycles. The van der Waals surface area contributed by atoms with Crippen molar-refractivity contribution in [1.29, 1.82) is 0 Å². The van der Waals surface area contributed by atoms with Crippen LogP contribution in [-0.4, -0.2) is 20.9 Å². The summed E-state index contributed by atoms with van der Waals surface area (Å²) in [6.07, 6.45) is 2.36. The molecule has 1 aromatic heterocycles. The van der Waals surface area contributed by atoms with Gasteiger partial charge in [0.25, 0.3) is 0 Å². The molecule has 0 aliphatic carbocycles. The zero-order valence-corrected chi connectivity index (χ0v) is 11.3. The van der Waals surface area contributed by atoms with E-state index in [9.17, 15) is 9.18 Å². The SMILES string of the molecule is Cc1cc(C)n(Cc2cc(F)cc(C=CC(=O)O)c2)n1. The number of carbonyl (C=O) groups is 1. The van der Waals surface area contributed by atoms with E-state index in [1.807, 2.05) is 19.9 Å². The molecule has 4 nitrogen and oxygen atoms in total. The van der Waals surface area contributed by atoms with Crippen molar-refractivity contribution in [3.8, 4) is 0 Å². The van der Waals surface area contributed by atoms with Gasteiger partial charge in [-0.05, 0) is 55.3 Å². The molecule has 0 bridgehead atoms. The van der Waals surface area contributed by atoms with E-state index >= 15 is 0 Å². The van der Waals surface area contributed by atoms with E-state index in [0.717, 1.165) is 23.0 Å². The molecule has 0 aliphatic heterocycles. The van der Waals surface area contributed by atoms with E-state index < -0.39 is 11.8 Å². The van der Waals surface area contributed by atoms with Gasteiger partial charge < -0.3 is 5.11 Å². The van der Waals surface area contributed by atoms with Gasteiger partial charge in [-0.2, -0.15) is 5.10 Å².